The van der Waals surface area contributed by atoms with Crippen molar-refractivity contribution in [2.45, 2.75) is 33.7 Å². The second-order valence-corrected chi connectivity index (χ2v) is 6.36. The van der Waals surface area contributed by atoms with Gasteiger partial charge in [-0.1, -0.05) is 30.3 Å². The van der Waals surface area contributed by atoms with Crippen LogP contribution in [0.3, 0.4) is 0 Å². The fourth-order valence-electron chi connectivity index (χ4n) is 2.86. The molecule has 4 rings (SSSR count). The molecule has 4 aromatic rings. The van der Waals surface area contributed by atoms with Crippen molar-refractivity contribution in [1.82, 2.24) is 24.8 Å². The Bertz CT molecular complexity index is 1070. The maximum Gasteiger partial charge on any atom is 0.238 e. The maximum atomic E-state index is 5.54. The molecule has 3 aromatic heterocycles. The average Bonchev–Trinajstić information content (AvgIpc) is 3.20. The minimum absolute atomic E-state index is 0.157. The van der Waals surface area contributed by atoms with Crippen molar-refractivity contribution < 1.29 is 4.42 Å². The number of aryl methyl sites for hydroxylation is 3. The van der Waals surface area contributed by atoms with Crippen LogP contribution in [-0.2, 0) is 0 Å². The predicted octanol–water partition coefficient (Wildman–Crippen LogP) is 3.88. The third kappa shape index (κ3) is 2.81. The second kappa shape index (κ2) is 6.25. The molecule has 0 radical (unpaired) electrons. The first-order valence-corrected chi connectivity index (χ1v) is 8.52. The zero-order valence-corrected chi connectivity index (χ0v) is 15.2. The molecular weight excluding hydrogens is 328 g/mol. The number of aromatic nitrogens is 5. The van der Waals surface area contributed by atoms with Gasteiger partial charge in [0, 0.05) is 24.1 Å². The molecule has 3 heterocycles. The van der Waals surface area contributed by atoms with E-state index < -0.39 is 0 Å². The van der Waals surface area contributed by atoms with Crippen molar-refractivity contribution in [3.8, 4) is 11.3 Å². The summed E-state index contributed by atoms with van der Waals surface area (Å²) in [6, 6.07) is 11.9. The summed E-state index contributed by atoms with van der Waals surface area (Å²) in [5.41, 5.74) is 4.79. The van der Waals surface area contributed by atoms with Crippen LogP contribution in [-0.4, -0.2) is 24.8 Å². The summed E-state index contributed by atoms with van der Waals surface area (Å²) in [4.78, 5) is 4.82. The lowest BCUT2D eigenvalue weighted by atomic mass is 10.1. The van der Waals surface area contributed by atoms with Crippen molar-refractivity contribution in [3.63, 3.8) is 0 Å². The van der Waals surface area contributed by atoms with E-state index in [4.69, 9.17) is 9.40 Å². The molecule has 0 aliphatic heterocycles. The lowest BCUT2D eigenvalue weighted by molar-refractivity contribution is 0.450. The Balaban J connectivity index is 1.83. The highest BCUT2D eigenvalue weighted by atomic mass is 16.4. The average molecular weight is 348 g/mol. The lowest BCUT2D eigenvalue weighted by Gasteiger charge is -2.14. The van der Waals surface area contributed by atoms with Gasteiger partial charge in [-0.3, -0.25) is 0 Å². The second-order valence-electron chi connectivity index (χ2n) is 6.36. The largest absolute Gasteiger partial charge is 0.423 e. The third-order valence-corrected chi connectivity index (χ3v) is 4.40. The Morgan fingerprint density at radius 3 is 2.54 bits per heavy atom. The van der Waals surface area contributed by atoms with E-state index >= 15 is 0 Å². The number of benzene rings is 1. The van der Waals surface area contributed by atoms with Gasteiger partial charge >= 0.3 is 0 Å². The van der Waals surface area contributed by atoms with E-state index in [1.54, 1.807) is 6.92 Å². The van der Waals surface area contributed by atoms with Gasteiger partial charge in [-0.15, -0.1) is 10.2 Å². The number of rotatable bonds is 4. The highest BCUT2D eigenvalue weighted by Gasteiger charge is 2.17. The zero-order chi connectivity index (χ0) is 18.3. The summed E-state index contributed by atoms with van der Waals surface area (Å²) in [6.07, 6.45) is 0. The summed E-state index contributed by atoms with van der Waals surface area (Å²) in [6.45, 7) is 7.78. The number of hydrogen-bond donors (Lipinski definition) is 1. The van der Waals surface area contributed by atoms with E-state index in [1.807, 2.05) is 61.7 Å². The van der Waals surface area contributed by atoms with Gasteiger partial charge in [-0.2, -0.15) is 9.61 Å². The molecule has 1 N–H and O–H groups in total. The van der Waals surface area contributed by atoms with Crippen molar-refractivity contribution >= 4 is 11.5 Å². The molecule has 0 bridgehead atoms. The number of hydrogen-bond acceptors (Lipinski definition) is 6. The maximum absolute atomic E-state index is 5.54. The summed E-state index contributed by atoms with van der Waals surface area (Å²) >= 11 is 0. The SMILES string of the molecule is Cc1nnc([C@@H](C)Nc2cc(-c3ccccc3)nc3c(C)c(C)nn23)o1. The molecule has 26 heavy (non-hydrogen) atoms. The van der Waals surface area contributed by atoms with Crippen LogP contribution in [0.2, 0.25) is 0 Å². The fourth-order valence-corrected chi connectivity index (χ4v) is 2.86. The highest BCUT2D eigenvalue weighted by Crippen LogP contribution is 2.27. The van der Waals surface area contributed by atoms with Gasteiger partial charge in [-0.25, -0.2) is 4.98 Å². The van der Waals surface area contributed by atoms with Crippen LogP contribution in [0.15, 0.2) is 40.8 Å². The molecule has 0 amide bonds. The summed E-state index contributed by atoms with van der Waals surface area (Å²) in [7, 11) is 0. The number of fused-ring (bicyclic) bond motifs is 1. The van der Waals surface area contributed by atoms with Crippen molar-refractivity contribution in [2.75, 3.05) is 5.32 Å². The first-order valence-electron chi connectivity index (χ1n) is 8.52. The zero-order valence-electron chi connectivity index (χ0n) is 15.2. The Labute approximate surface area is 151 Å². The number of nitrogens with one attached hydrogen (secondary N) is 1. The van der Waals surface area contributed by atoms with Crippen LogP contribution in [0, 0.1) is 20.8 Å². The first kappa shape index (κ1) is 16.3. The molecule has 1 aromatic carbocycles. The van der Waals surface area contributed by atoms with E-state index in [0.717, 1.165) is 34.0 Å². The molecule has 0 aliphatic rings. The Morgan fingerprint density at radius 1 is 1.08 bits per heavy atom. The van der Waals surface area contributed by atoms with E-state index in [-0.39, 0.29) is 6.04 Å². The van der Waals surface area contributed by atoms with E-state index in [2.05, 4.69) is 20.6 Å². The van der Waals surface area contributed by atoms with Crippen molar-refractivity contribution in [3.05, 3.63) is 59.4 Å². The van der Waals surface area contributed by atoms with Gasteiger partial charge in [0.05, 0.1) is 11.4 Å². The predicted molar refractivity (Wildman–Crippen MR) is 99.0 cm³/mol. The van der Waals surface area contributed by atoms with Gasteiger partial charge in [0.15, 0.2) is 5.65 Å². The quantitative estimate of drug-likeness (QED) is 0.603. The highest BCUT2D eigenvalue weighted by molar-refractivity contribution is 5.68. The van der Waals surface area contributed by atoms with Gasteiger partial charge in [-0.05, 0) is 20.8 Å². The molecule has 0 spiro atoms. The number of anilines is 1. The van der Waals surface area contributed by atoms with Crippen molar-refractivity contribution in [1.29, 1.82) is 0 Å². The van der Waals surface area contributed by atoms with E-state index in [9.17, 15) is 0 Å². The molecule has 7 nitrogen and oxygen atoms in total. The summed E-state index contributed by atoms with van der Waals surface area (Å²) < 4.78 is 7.37. The van der Waals surface area contributed by atoms with Crippen LogP contribution in [0.25, 0.3) is 16.9 Å². The Morgan fingerprint density at radius 2 is 1.85 bits per heavy atom. The van der Waals surface area contributed by atoms with Crippen LogP contribution in [0.1, 0.15) is 36.0 Å². The molecule has 132 valence electrons. The molecule has 7 heteroatoms. The molecule has 0 unspecified atom stereocenters. The van der Waals surface area contributed by atoms with Gasteiger partial charge in [0.25, 0.3) is 0 Å². The third-order valence-electron chi connectivity index (χ3n) is 4.40. The van der Waals surface area contributed by atoms with E-state index in [0.29, 0.717) is 11.8 Å². The van der Waals surface area contributed by atoms with Crippen LogP contribution in [0.4, 0.5) is 5.82 Å². The molecular formula is C19H20N6O. The van der Waals surface area contributed by atoms with Gasteiger partial charge in [0.2, 0.25) is 11.8 Å². The lowest BCUT2D eigenvalue weighted by Crippen LogP contribution is -2.11. The van der Waals surface area contributed by atoms with Crippen LogP contribution < -0.4 is 5.32 Å². The van der Waals surface area contributed by atoms with E-state index in [1.165, 1.54) is 0 Å². The Hall–Kier alpha value is -3.22. The minimum atomic E-state index is -0.157. The normalized spacial score (nSPS) is 12.5. The van der Waals surface area contributed by atoms with Gasteiger partial charge < -0.3 is 9.73 Å². The molecule has 0 saturated heterocycles. The fraction of sp³-hybridized carbons (Fsp3) is 0.263. The molecule has 1 atom stereocenters. The molecule has 0 saturated carbocycles. The standard InChI is InChI=1S/C19H20N6O/c1-11-12(2)24-25-17(20-13(3)19-23-22-14(4)26-19)10-16(21-18(11)25)15-8-6-5-7-9-15/h5-10,13,20H,1-4H3/t13-/m1/s1. The molecule has 0 fully saturated rings. The monoisotopic (exact) mass is 348 g/mol. The first-order chi connectivity index (χ1) is 12.5. The van der Waals surface area contributed by atoms with Crippen molar-refractivity contribution in [2.24, 2.45) is 0 Å². The molecule has 0 aliphatic carbocycles. The smallest absolute Gasteiger partial charge is 0.238 e. The topological polar surface area (TPSA) is 81.1 Å². The van der Waals surface area contributed by atoms with Crippen LogP contribution >= 0.6 is 0 Å². The van der Waals surface area contributed by atoms with Crippen LogP contribution in [0.5, 0.6) is 0 Å². The minimum Gasteiger partial charge on any atom is -0.423 e. The summed E-state index contributed by atoms with van der Waals surface area (Å²) in [5, 5.41) is 16.1. The number of nitrogens with zero attached hydrogens (tertiary/aromatic N) is 5. The van der Waals surface area contributed by atoms with Gasteiger partial charge in [0.1, 0.15) is 11.9 Å². The summed E-state index contributed by atoms with van der Waals surface area (Å²) in [5.74, 6) is 1.91. The Kier molecular flexibility index (Phi) is 3.91.